The summed E-state index contributed by atoms with van der Waals surface area (Å²) in [7, 11) is 2.12. The van der Waals surface area contributed by atoms with Crippen LogP contribution in [0.2, 0.25) is 5.02 Å². The first kappa shape index (κ1) is 11.9. The van der Waals surface area contributed by atoms with E-state index in [0.29, 0.717) is 5.92 Å². The van der Waals surface area contributed by atoms with E-state index in [4.69, 9.17) is 11.6 Å². The predicted octanol–water partition coefficient (Wildman–Crippen LogP) is 2.54. The Kier molecular flexibility index (Phi) is 3.85. The third kappa shape index (κ3) is 3.21. The molecule has 0 saturated heterocycles. The molecule has 1 fully saturated rings. The van der Waals surface area contributed by atoms with E-state index in [1.807, 2.05) is 18.2 Å². The molecule has 0 aliphatic heterocycles. The van der Waals surface area contributed by atoms with Crippen molar-refractivity contribution in [2.45, 2.75) is 25.5 Å². The number of halogens is 1. The van der Waals surface area contributed by atoms with Gasteiger partial charge in [-0.2, -0.15) is 0 Å². The molecule has 2 nitrogen and oxygen atoms in total. The zero-order valence-electron chi connectivity index (χ0n) is 9.56. The summed E-state index contributed by atoms with van der Waals surface area (Å²) in [6.07, 6.45) is 1.87. The van der Waals surface area contributed by atoms with Crippen LogP contribution in [0.4, 0.5) is 0 Å². The van der Waals surface area contributed by atoms with Gasteiger partial charge in [0, 0.05) is 18.1 Å². The van der Waals surface area contributed by atoms with Crippen molar-refractivity contribution in [1.82, 2.24) is 4.90 Å². The Labute approximate surface area is 102 Å². The van der Waals surface area contributed by atoms with Crippen molar-refractivity contribution >= 4 is 11.6 Å². The predicted molar refractivity (Wildman–Crippen MR) is 66.5 cm³/mol. The third-order valence-corrected chi connectivity index (χ3v) is 3.36. The molecule has 1 aromatic rings. The average Bonchev–Trinajstić information content (AvgIpc) is 2.15. The summed E-state index contributed by atoms with van der Waals surface area (Å²) in [6, 6.07) is 7.98. The van der Waals surface area contributed by atoms with Gasteiger partial charge in [0.2, 0.25) is 0 Å². The maximum atomic E-state index is 9.22. The Bertz CT molecular complexity index is 350. The van der Waals surface area contributed by atoms with Crippen molar-refractivity contribution in [2.24, 2.45) is 5.92 Å². The lowest BCUT2D eigenvalue weighted by molar-refractivity contribution is 0.0274. The Hall–Kier alpha value is -0.570. The lowest BCUT2D eigenvalue weighted by Crippen LogP contribution is -2.36. The van der Waals surface area contributed by atoms with Gasteiger partial charge in [0.05, 0.1) is 6.10 Å². The molecule has 2 rings (SSSR count). The van der Waals surface area contributed by atoms with Gasteiger partial charge in [-0.1, -0.05) is 23.7 Å². The van der Waals surface area contributed by atoms with Crippen LogP contribution in [-0.4, -0.2) is 29.7 Å². The molecular formula is C13H18ClNO. The number of rotatable bonds is 4. The van der Waals surface area contributed by atoms with E-state index in [-0.39, 0.29) is 6.10 Å². The summed E-state index contributed by atoms with van der Waals surface area (Å²) < 4.78 is 0. The van der Waals surface area contributed by atoms with Gasteiger partial charge in [-0.25, -0.2) is 0 Å². The van der Waals surface area contributed by atoms with E-state index in [1.165, 1.54) is 5.56 Å². The number of aliphatic hydroxyl groups is 1. The minimum Gasteiger partial charge on any atom is -0.393 e. The Morgan fingerprint density at radius 3 is 2.81 bits per heavy atom. The van der Waals surface area contributed by atoms with Crippen LogP contribution in [0, 0.1) is 5.92 Å². The van der Waals surface area contributed by atoms with Gasteiger partial charge in [-0.15, -0.1) is 0 Å². The van der Waals surface area contributed by atoms with E-state index in [1.54, 1.807) is 0 Å². The van der Waals surface area contributed by atoms with Gasteiger partial charge >= 0.3 is 0 Å². The highest BCUT2D eigenvalue weighted by molar-refractivity contribution is 6.30. The van der Waals surface area contributed by atoms with Crippen molar-refractivity contribution < 1.29 is 5.11 Å². The van der Waals surface area contributed by atoms with Crippen molar-refractivity contribution in [3.63, 3.8) is 0 Å². The van der Waals surface area contributed by atoms with Crippen molar-refractivity contribution in [3.8, 4) is 0 Å². The van der Waals surface area contributed by atoms with Gasteiger partial charge in [0.15, 0.2) is 0 Å². The second-order valence-electron chi connectivity index (χ2n) is 4.82. The molecule has 0 atom stereocenters. The van der Waals surface area contributed by atoms with E-state index in [0.717, 1.165) is 31.0 Å². The fraction of sp³-hybridized carbons (Fsp3) is 0.538. The molecule has 0 amide bonds. The Morgan fingerprint density at radius 1 is 1.44 bits per heavy atom. The molecule has 0 spiro atoms. The highest BCUT2D eigenvalue weighted by Crippen LogP contribution is 2.27. The fourth-order valence-electron chi connectivity index (χ4n) is 2.30. The quantitative estimate of drug-likeness (QED) is 0.873. The van der Waals surface area contributed by atoms with Gasteiger partial charge in [0.1, 0.15) is 0 Å². The Morgan fingerprint density at radius 2 is 2.19 bits per heavy atom. The van der Waals surface area contributed by atoms with Crippen LogP contribution in [-0.2, 0) is 6.54 Å². The van der Waals surface area contributed by atoms with Crippen LogP contribution in [0.15, 0.2) is 24.3 Å². The van der Waals surface area contributed by atoms with Crippen LogP contribution in [0.3, 0.4) is 0 Å². The summed E-state index contributed by atoms with van der Waals surface area (Å²) in [5.41, 5.74) is 1.25. The average molecular weight is 240 g/mol. The van der Waals surface area contributed by atoms with Crippen molar-refractivity contribution in [3.05, 3.63) is 34.9 Å². The van der Waals surface area contributed by atoms with Crippen LogP contribution < -0.4 is 0 Å². The van der Waals surface area contributed by atoms with Crippen molar-refractivity contribution in [2.75, 3.05) is 13.6 Å². The van der Waals surface area contributed by atoms with Gasteiger partial charge in [-0.3, -0.25) is 0 Å². The highest BCUT2D eigenvalue weighted by atomic mass is 35.5. The van der Waals surface area contributed by atoms with Gasteiger partial charge < -0.3 is 10.0 Å². The molecule has 1 aromatic carbocycles. The molecule has 0 bridgehead atoms. The molecule has 0 radical (unpaired) electrons. The van der Waals surface area contributed by atoms with E-state index >= 15 is 0 Å². The zero-order valence-corrected chi connectivity index (χ0v) is 10.3. The molecule has 0 unspecified atom stereocenters. The highest BCUT2D eigenvalue weighted by Gasteiger charge is 2.27. The largest absolute Gasteiger partial charge is 0.393 e. The summed E-state index contributed by atoms with van der Waals surface area (Å²) in [5, 5.41) is 10.0. The first-order valence-electron chi connectivity index (χ1n) is 5.74. The Balaban J connectivity index is 1.80. The maximum absolute atomic E-state index is 9.22. The third-order valence-electron chi connectivity index (χ3n) is 3.12. The number of aliphatic hydroxyl groups excluding tert-OH is 1. The number of nitrogens with zero attached hydrogens (tertiary/aromatic N) is 1. The molecule has 0 heterocycles. The minimum atomic E-state index is -0.0513. The summed E-state index contributed by atoms with van der Waals surface area (Å²) in [5.74, 6) is 0.666. The maximum Gasteiger partial charge on any atom is 0.0546 e. The lowest BCUT2D eigenvalue weighted by atomic mass is 9.82. The number of benzene rings is 1. The van der Waals surface area contributed by atoms with Crippen molar-refractivity contribution in [1.29, 1.82) is 0 Å². The first-order chi connectivity index (χ1) is 7.63. The van der Waals surface area contributed by atoms with Crippen LogP contribution >= 0.6 is 11.6 Å². The van der Waals surface area contributed by atoms with E-state index < -0.39 is 0 Å². The van der Waals surface area contributed by atoms with Crippen LogP contribution in [0.1, 0.15) is 18.4 Å². The van der Waals surface area contributed by atoms with Gasteiger partial charge in [0.25, 0.3) is 0 Å². The SMILES string of the molecule is CN(Cc1cccc(Cl)c1)CC1CC(O)C1. The van der Waals surface area contributed by atoms with Crippen LogP contribution in [0.5, 0.6) is 0 Å². The topological polar surface area (TPSA) is 23.5 Å². The molecule has 1 aliphatic carbocycles. The number of hydrogen-bond donors (Lipinski definition) is 1. The summed E-state index contributed by atoms with van der Waals surface area (Å²) >= 11 is 5.94. The molecule has 1 N–H and O–H groups in total. The lowest BCUT2D eigenvalue weighted by Gasteiger charge is -2.34. The zero-order chi connectivity index (χ0) is 11.5. The monoisotopic (exact) mass is 239 g/mol. The van der Waals surface area contributed by atoms with Crippen LogP contribution in [0.25, 0.3) is 0 Å². The minimum absolute atomic E-state index is 0.0513. The molecule has 88 valence electrons. The molecule has 0 aromatic heterocycles. The first-order valence-corrected chi connectivity index (χ1v) is 6.12. The van der Waals surface area contributed by atoms with E-state index in [2.05, 4.69) is 18.0 Å². The number of hydrogen-bond acceptors (Lipinski definition) is 2. The molecule has 1 saturated carbocycles. The molecule has 3 heteroatoms. The van der Waals surface area contributed by atoms with E-state index in [9.17, 15) is 5.11 Å². The van der Waals surface area contributed by atoms with Gasteiger partial charge in [-0.05, 0) is 43.5 Å². The summed E-state index contributed by atoms with van der Waals surface area (Å²) in [4.78, 5) is 2.29. The summed E-state index contributed by atoms with van der Waals surface area (Å²) in [6.45, 7) is 1.98. The molecular weight excluding hydrogens is 222 g/mol. The molecule has 16 heavy (non-hydrogen) atoms. The smallest absolute Gasteiger partial charge is 0.0546 e. The second kappa shape index (κ2) is 5.17. The molecule has 1 aliphatic rings. The normalized spacial score (nSPS) is 24.5. The fourth-order valence-corrected chi connectivity index (χ4v) is 2.51. The second-order valence-corrected chi connectivity index (χ2v) is 5.25. The standard InChI is InChI=1S/C13H18ClNO/c1-15(9-11-6-13(16)7-11)8-10-3-2-4-12(14)5-10/h2-5,11,13,16H,6-9H2,1H3.